The molecule has 4 nitrogen and oxygen atoms in total. The summed E-state index contributed by atoms with van der Waals surface area (Å²) in [5.41, 5.74) is 0. The van der Waals surface area contributed by atoms with Crippen LogP contribution in [0.25, 0.3) is 1.43 Å². The zero-order valence-corrected chi connectivity index (χ0v) is 1.67. The third kappa shape index (κ3) is 1.84. The average molecular weight is 67.0 g/mol. The summed E-state index contributed by atoms with van der Waals surface area (Å²) in [4.78, 5) is 0. The van der Waals surface area contributed by atoms with Crippen LogP contribution in [0.5, 0.6) is 0 Å². The van der Waals surface area contributed by atoms with E-state index < -0.39 is 0 Å². The molecule has 4 heteroatoms. The first-order valence-electron chi connectivity index (χ1n) is 0.924. The van der Waals surface area contributed by atoms with Gasteiger partial charge in [-0.3, -0.25) is 0 Å². The standard InChI is InChI=1S/H2O4/c1-3-4-2/h1-2H/i/hD. The Morgan fingerprint density at radius 2 is 2.50 bits per heavy atom. The minimum Gasteiger partial charge on any atom is -0.219 e. The second-order valence-electron chi connectivity index (χ2n) is 0.143. The first kappa shape index (κ1) is 2.10. The molecule has 0 aliphatic carbocycles. The largest absolute Gasteiger partial charge is 0.258 e. The molecule has 0 aromatic heterocycles. The molecule has 0 saturated heterocycles. The Labute approximate surface area is 23.5 Å². The molecule has 0 aliphatic rings. The van der Waals surface area contributed by atoms with E-state index in [1.54, 1.807) is 0 Å². The number of rotatable bonds is 2. The lowest BCUT2D eigenvalue weighted by Gasteiger charge is -1.71. The van der Waals surface area contributed by atoms with Crippen LogP contribution in [0.3, 0.4) is 0 Å². The van der Waals surface area contributed by atoms with Crippen LogP contribution in [0.2, 0.25) is 0 Å². The van der Waals surface area contributed by atoms with E-state index in [1.807, 2.05) is 0 Å². The van der Waals surface area contributed by atoms with Crippen molar-refractivity contribution >= 4 is 0 Å². The van der Waals surface area contributed by atoms with Gasteiger partial charge in [0, 0.05) is 0 Å². The topological polar surface area (TPSA) is 58.9 Å². The monoisotopic (exact) mass is 67.0 g/mol. The molecule has 0 spiro atoms. The Balaban J connectivity index is 2.19. The second-order valence-corrected chi connectivity index (χ2v) is 0.143. The Hall–Kier alpha value is -0.160. The Bertz CT molecular complexity index is 11.1. The maximum atomic E-state index is 7.10. The van der Waals surface area contributed by atoms with Crippen LogP contribution in [-0.2, 0) is 10.1 Å². The van der Waals surface area contributed by atoms with Gasteiger partial charge in [0.15, 0.2) is 0 Å². The van der Waals surface area contributed by atoms with Gasteiger partial charge in [0.2, 0.25) is 0 Å². The fourth-order valence-corrected chi connectivity index (χ4v) is 0. The molecule has 0 aromatic carbocycles. The van der Waals surface area contributed by atoms with Gasteiger partial charge in [0.1, 0.15) is 0 Å². The highest BCUT2D eigenvalue weighted by Gasteiger charge is 1.53. The lowest BCUT2D eigenvalue weighted by Crippen LogP contribution is -1.75. The van der Waals surface area contributed by atoms with E-state index in [0.717, 1.165) is 0 Å². The van der Waals surface area contributed by atoms with Crippen molar-refractivity contribution in [1.82, 2.24) is 0 Å². The quantitative estimate of drug-likeness (QED) is 0.349. The summed E-state index contributed by atoms with van der Waals surface area (Å²) >= 11 is 0. The molecule has 2 N–H and O–H groups in total. The molecule has 0 aromatic rings. The molecule has 0 radical (unpaired) electrons. The van der Waals surface area contributed by atoms with Crippen molar-refractivity contribution in [1.29, 1.82) is 1.43 Å². The molecule has 0 saturated carbocycles. The van der Waals surface area contributed by atoms with Crippen molar-refractivity contribution in [3.8, 4) is 0 Å². The van der Waals surface area contributed by atoms with Crippen molar-refractivity contribution in [2.75, 3.05) is 0 Å². The van der Waals surface area contributed by atoms with Crippen molar-refractivity contribution < 1.29 is 20.6 Å². The predicted molar refractivity (Wildman–Crippen MR) is 7.43 cm³/mol. The summed E-state index contributed by atoms with van der Waals surface area (Å²) < 4.78 is 5.60. The van der Waals surface area contributed by atoms with E-state index in [1.165, 1.54) is 0 Å². The van der Waals surface area contributed by atoms with Crippen LogP contribution in [0.4, 0.5) is 0 Å². The fourth-order valence-electron chi connectivity index (χ4n) is 0. The maximum Gasteiger partial charge on any atom is 0.258 e. The molecule has 0 fully saturated rings. The molecular weight excluding hydrogens is 64.0 g/mol. The Morgan fingerprint density at radius 3 is 2.50 bits per heavy atom. The van der Waals surface area contributed by atoms with Crippen LogP contribution in [0, 0.1) is 0 Å². The molecule has 26 valence electrons. The summed E-state index contributed by atoms with van der Waals surface area (Å²) in [6.07, 6.45) is 0. The molecule has 0 atom stereocenters. The van der Waals surface area contributed by atoms with Gasteiger partial charge >= 0.3 is 0 Å². The van der Waals surface area contributed by atoms with E-state index in [9.17, 15) is 0 Å². The van der Waals surface area contributed by atoms with E-state index in [2.05, 4.69) is 15.3 Å². The third-order valence-electron chi connectivity index (χ3n) is 0.0304. The second kappa shape index (κ2) is 2.84. The van der Waals surface area contributed by atoms with Crippen molar-refractivity contribution in [2.45, 2.75) is 0 Å². The summed E-state index contributed by atoms with van der Waals surface area (Å²) in [7, 11) is 0. The maximum absolute atomic E-state index is 7.10. The molecular formula is H2O4. The summed E-state index contributed by atoms with van der Waals surface area (Å²) in [6, 6.07) is 0. The van der Waals surface area contributed by atoms with Gasteiger partial charge in [-0.05, 0) is 10.1 Å². The van der Waals surface area contributed by atoms with Crippen molar-refractivity contribution in [3.63, 3.8) is 0 Å². The molecule has 4 heavy (non-hydrogen) atoms. The fraction of sp³-hybridized carbons (Fsp3) is 0. The minimum absolute atomic E-state index is 2.78. The molecule has 0 amide bonds. The highest BCUT2D eigenvalue weighted by atomic mass is 17.6. The first-order chi connectivity index (χ1) is 2.41. The minimum atomic E-state index is 2.78. The van der Waals surface area contributed by atoms with Crippen LogP contribution in [-0.4, -0.2) is 10.5 Å². The van der Waals surface area contributed by atoms with Crippen LogP contribution in [0.15, 0.2) is 0 Å². The van der Waals surface area contributed by atoms with Crippen LogP contribution >= 0.6 is 0 Å². The average Bonchev–Trinajstić information content (AvgIpc) is 1.41. The van der Waals surface area contributed by atoms with Gasteiger partial charge in [0.05, 0.1) is 0 Å². The third-order valence-corrected chi connectivity index (χ3v) is 0.0304. The van der Waals surface area contributed by atoms with E-state index in [-0.39, 0.29) is 0 Å². The van der Waals surface area contributed by atoms with Crippen LogP contribution in [0.1, 0.15) is 0 Å². The zero-order chi connectivity index (χ0) is 4.12. The molecule has 0 rings (SSSR count). The van der Waals surface area contributed by atoms with E-state index in [0.29, 0.717) is 0 Å². The molecule has 0 bridgehead atoms. The summed E-state index contributed by atoms with van der Waals surface area (Å²) in [5, 5.41) is 15.9. The van der Waals surface area contributed by atoms with Gasteiger partial charge in [-0.15, -0.1) is 0 Å². The molecule has 0 unspecified atom stereocenters. The lowest BCUT2D eigenvalue weighted by atomic mass is 14.4. The summed E-state index contributed by atoms with van der Waals surface area (Å²) in [5.74, 6) is 0. The predicted octanol–water partition coefficient (Wildman–Crippen LogP) is -0.119. The highest BCUT2D eigenvalue weighted by Crippen LogP contribution is 1.49. The number of hydrogen-bond donors (Lipinski definition) is 2. The Morgan fingerprint density at radius 1 is 1.75 bits per heavy atom. The molecule has 0 aliphatic heterocycles. The highest BCUT2D eigenvalue weighted by molar-refractivity contribution is 2.64. The number of hydrogen-bond acceptors (Lipinski definition) is 4. The molecule has 0 heterocycles. The Kier molecular flexibility index (Phi) is 1.49. The van der Waals surface area contributed by atoms with Gasteiger partial charge in [-0.2, -0.15) is 0 Å². The zero-order valence-electron chi connectivity index (χ0n) is 2.67. The lowest BCUT2D eigenvalue weighted by molar-refractivity contribution is -0.611. The van der Waals surface area contributed by atoms with Gasteiger partial charge < -0.3 is 0 Å². The smallest absolute Gasteiger partial charge is 0.219 e. The SMILES string of the molecule is [2H]OOOO. The first-order valence-corrected chi connectivity index (χ1v) is 0.516. The van der Waals surface area contributed by atoms with Gasteiger partial charge in [-0.1, -0.05) is 0 Å². The normalized spacial score (nSPS) is 10.8. The van der Waals surface area contributed by atoms with Crippen molar-refractivity contribution in [2.24, 2.45) is 0 Å². The van der Waals surface area contributed by atoms with Crippen LogP contribution < -0.4 is 0 Å². The van der Waals surface area contributed by atoms with Crippen molar-refractivity contribution in [3.05, 3.63) is 0 Å². The van der Waals surface area contributed by atoms with Gasteiger partial charge in [-0.25, -0.2) is 10.5 Å². The van der Waals surface area contributed by atoms with E-state index in [4.69, 9.17) is 6.69 Å². The van der Waals surface area contributed by atoms with E-state index >= 15 is 0 Å². The summed E-state index contributed by atoms with van der Waals surface area (Å²) in [6.45, 7) is 0. The van der Waals surface area contributed by atoms with Gasteiger partial charge in [0.25, 0.3) is 1.43 Å².